The monoisotopic (exact) mass is 1240 g/mol. The highest BCUT2D eigenvalue weighted by Gasteiger charge is 2.49. The zero-order valence-electron chi connectivity index (χ0n) is 55.0. The van der Waals surface area contributed by atoms with Crippen LogP contribution >= 0.6 is 0 Å². The maximum atomic E-state index is 6.81. The molecule has 4 aromatic heterocycles. The first-order chi connectivity index (χ1) is 46.6. The predicted octanol–water partition coefficient (Wildman–Crippen LogP) is 24.2. The summed E-state index contributed by atoms with van der Waals surface area (Å²) in [5.74, 6) is 1.48. The third-order valence-corrected chi connectivity index (χ3v) is 22.4. The van der Waals surface area contributed by atoms with E-state index in [0.717, 1.165) is 95.0 Å². The third kappa shape index (κ3) is 8.63. The van der Waals surface area contributed by atoms with Gasteiger partial charge in [0.25, 0.3) is 0 Å². The summed E-state index contributed by atoms with van der Waals surface area (Å²) in [4.78, 5) is 20.5. The lowest BCUT2D eigenvalue weighted by atomic mass is 9.55. The van der Waals surface area contributed by atoms with E-state index >= 15 is 0 Å². The van der Waals surface area contributed by atoms with Gasteiger partial charge in [0.1, 0.15) is 22.3 Å². The number of hydrogen-bond acceptors (Lipinski definition) is 6. The standard InChI is InChI=1S/C48H36N2O.C42H32N2O/c1-47(2)39-27-32(33-20-23-37-40(28-33)49-46(31-16-9-6-10-17-31)50-44(37)30-14-7-5-8-15-30)19-22-35(39)36-24-25-38-42-34-18-12-11-13-29(34)21-26-41(42)51-45(38)43(36)48(47,3)4;1-41(2)34-21-28(40-43-36-17-11-10-16-30(36)39(44-40)25-12-6-5-7-13-25)18-19-29(34)31-24-38-33(23-35(31)42(41,3)4)32-20-26-14-8-9-15-27(26)22-37(32)45-38/h5-28H,1-4H3;5-24H,1-4H3. The summed E-state index contributed by atoms with van der Waals surface area (Å²) in [7, 11) is 0. The van der Waals surface area contributed by atoms with Crippen LogP contribution in [0, 0.1) is 0 Å². The summed E-state index contributed by atoms with van der Waals surface area (Å²) in [5.41, 5.74) is 23.7. The Bertz CT molecular complexity index is 6070. The molecule has 0 fully saturated rings. The molecule has 19 rings (SSSR count). The second-order valence-corrected chi connectivity index (χ2v) is 28.5. The topological polar surface area (TPSA) is 77.8 Å². The van der Waals surface area contributed by atoms with Crippen molar-refractivity contribution in [2.75, 3.05) is 0 Å². The number of hydrogen-bond donors (Lipinski definition) is 0. The van der Waals surface area contributed by atoms with E-state index in [1.165, 1.54) is 93.2 Å². The Morgan fingerprint density at radius 3 is 1.44 bits per heavy atom. The number of nitrogens with zero attached hydrogens (tertiary/aromatic N) is 4. The van der Waals surface area contributed by atoms with E-state index in [1.807, 2.05) is 36.4 Å². The van der Waals surface area contributed by atoms with Gasteiger partial charge in [-0.15, -0.1) is 0 Å². The van der Waals surface area contributed by atoms with Gasteiger partial charge in [0.05, 0.1) is 22.4 Å². The molecule has 0 saturated heterocycles. The fourth-order valence-electron chi connectivity index (χ4n) is 15.8. The SMILES string of the molecule is CC1(C)c2cc(-c3ccc4c(-c5ccccc5)nc(-c5ccccc5)nc4c3)ccc2-c2ccc3c(oc4ccc5ccccc5c43)c2C1(C)C.CC1(C)c2cc(-c3nc(-c4ccccc4)c4ccccc4n3)ccc2-c2cc3oc4cc5ccccc5cc4c3cc2C1(C)C. The van der Waals surface area contributed by atoms with E-state index in [9.17, 15) is 0 Å². The van der Waals surface area contributed by atoms with Crippen LogP contribution in [0.15, 0.2) is 276 Å². The first-order valence-corrected chi connectivity index (χ1v) is 33.4. The summed E-state index contributed by atoms with van der Waals surface area (Å²) in [6, 6.07) is 94.9. The lowest BCUT2D eigenvalue weighted by Gasteiger charge is -2.48. The van der Waals surface area contributed by atoms with Crippen LogP contribution in [-0.2, 0) is 21.7 Å². The first kappa shape index (κ1) is 57.3. The molecule has 0 saturated carbocycles. The molecule has 6 heteroatoms. The molecule has 4 heterocycles. The van der Waals surface area contributed by atoms with Crippen LogP contribution in [0.1, 0.15) is 77.6 Å². The second-order valence-electron chi connectivity index (χ2n) is 28.5. The summed E-state index contributed by atoms with van der Waals surface area (Å²) in [5, 5.41) is 11.7. The van der Waals surface area contributed by atoms with Gasteiger partial charge < -0.3 is 8.83 Å². The molecular formula is C90H68N4O2. The van der Waals surface area contributed by atoms with Crippen molar-refractivity contribution in [3.05, 3.63) is 289 Å². The average Bonchev–Trinajstić information content (AvgIpc) is 1.20. The van der Waals surface area contributed by atoms with Crippen molar-refractivity contribution >= 4 is 87.2 Å². The van der Waals surface area contributed by atoms with Gasteiger partial charge in [0.2, 0.25) is 0 Å². The lowest BCUT2D eigenvalue weighted by molar-refractivity contribution is 0.299. The van der Waals surface area contributed by atoms with Crippen molar-refractivity contribution in [1.29, 1.82) is 0 Å². The smallest absolute Gasteiger partial charge is 0.160 e. The fourth-order valence-corrected chi connectivity index (χ4v) is 15.8. The number of para-hydroxylation sites is 1. The molecule has 0 atom stereocenters. The number of aromatic nitrogens is 4. The van der Waals surface area contributed by atoms with Gasteiger partial charge in [-0.25, -0.2) is 19.9 Å². The van der Waals surface area contributed by atoms with Crippen LogP contribution in [0.2, 0.25) is 0 Å². The molecule has 2 aliphatic rings. The Balaban J connectivity index is 0.000000141. The minimum atomic E-state index is -0.219. The molecule has 0 unspecified atom stereocenters. The maximum Gasteiger partial charge on any atom is 0.160 e. The molecule has 0 bridgehead atoms. The van der Waals surface area contributed by atoms with Crippen LogP contribution in [0.4, 0.5) is 0 Å². The fraction of sp³-hybridized carbons (Fsp3) is 0.133. The van der Waals surface area contributed by atoms with Crippen molar-refractivity contribution < 1.29 is 8.83 Å². The van der Waals surface area contributed by atoms with Crippen LogP contribution in [-0.4, -0.2) is 19.9 Å². The van der Waals surface area contributed by atoms with Crippen LogP contribution in [0.5, 0.6) is 0 Å². The number of fused-ring (bicyclic) bond motifs is 18. The summed E-state index contributed by atoms with van der Waals surface area (Å²) in [6.07, 6.45) is 0. The normalized spacial score (nSPS) is 14.8. The molecule has 13 aromatic carbocycles. The molecule has 96 heavy (non-hydrogen) atoms. The minimum Gasteiger partial charge on any atom is -0.456 e. The number of furan rings is 2. The van der Waals surface area contributed by atoms with E-state index in [0.29, 0.717) is 0 Å². The third-order valence-electron chi connectivity index (χ3n) is 22.4. The predicted molar refractivity (Wildman–Crippen MR) is 399 cm³/mol. The highest BCUT2D eigenvalue weighted by molar-refractivity contribution is 6.20. The molecule has 2 aliphatic carbocycles. The van der Waals surface area contributed by atoms with E-state index in [-0.39, 0.29) is 21.7 Å². The van der Waals surface area contributed by atoms with Crippen LogP contribution < -0.4 is 0 Å². The van der Waals surface area contributed by atoms with Crippen molar-refractivity contribution in [3.8, 4) is 78.7 Å². The molecule has 0 spiro atoms. The largest absolute Gasteiger partial charge is 0.456 e. The Hall–Kier alpha value is -11.3. The van der Waals surface area contributed by atoms with E-state index in [4.69, 9.17) is 28.8 Å². The van der Waals surface area contributed by atoms with Crippen molar-refractivity contribution in [1.82, 2.24) is 19.9 Å². The molecule has 17 aromatic rings. The second kappa shape index (κ2) is 21.1. The number of rotatable bonds is 5. The average molecular weight is 1240 g/mol. The molecule has 0 amide bonds. The van der Waals surface area contributed by atoms with Gasteiger partial charge >= 0.3 is 0 Å². The van der Waals surface area contributed by atoms with Gasteiger partial charge in [0.15, 0.2) is 11.6 Å². The first-order valence-electron chi connectivity index (χ1n) is 33.4. The van der Waals surface area contributed by atoms with Gasteiger partial charge in [-0.3, -0.25) is 0 Å². The van der Waals surface area contributed by atoms with Crippen LogP contribution in [0.3, 0.4) is 0 Å². The summed E-state index contributed by atoms with van der Waals surface area (Å²) >= 11 is 0. The highest BCUT2D eigenvalue weighted by atomic mass is 16.3. The molecule has 460 valence electrons. The molecular weight excluding hydrogens is 1170 g/mol. The lowest BCUT2D eigenvalue weighted by Crippen LogP contribution is -2.43. The van der Waals surface area contributed by atoms with Crippen molar-refractivity contribution in [3.63, 3.8) is 0 Å². The van der Waals surface area contributed by atoms with Crippen molar-refractivity contribution in [2.24, 2.45) is 0 Å². The molecule has 0 radical (unpaired) electrons. The van der Waals surface area contributed by atoms with Crippen molar-refractivity contribution in [2.45, 2.75) is 77.0 Å². The maximum absolute atomic E-state index is 6.81. The zero-order valence-corrected chi connectivity index (χ0v) is 55.0. The molecule has 0 aliphatic heterocycles. The Morgan fingerprint density at radius 2 is 0.740 bits per heavy atom. The molecule has 6 nitrogen and oxygen atoms in total. The Kier molecular flexibility index (Phi) is 12.6. The highest BCUT2D eigenvalue weighted by Crippen LogP contribution is 2.59. The zero-order chi connectivity index (χ0) is 65.0. The van der Waals surface area contributed by atoms with E-state index in [1.54, 1.807) is 0 Å². The van der Waals surface area contributed by atoms with E-state index in [2.05, 4.69) is 286 Å². The van der Waals surface area contributed by atoms with Gasteiger partial charge in [-0.1, -0.05) is 256 Å². The summed E-state index contributed by atoms with van der Waals surface area (Å²) < 4.78 is 13.3. The molecule has 0 N–H and O–H groups in total. The minimum absolute atomic E-state index is 0.151. The number of benzene rings is 13. The van der Waals surface area contributed by atoms with Gasteiger partial charge in [0, 0.05) is 65.5 Å². The van der Waals surface area contributed by atoms with Crippen LogP contribution in [0.25, 0.3) is 166 Å². The summed E-state index contributed by atoms with van der Waals surface area (Å²) in [6.45, 7) is 19.1. The Morgan fingerprint density at radius 1 is 0.260 bits per heavy atom. The van der Waals surface area contributed by atoms with Gasteiger partial charge in [-0.05, 0) is 155 Å². The van der Waals surface area contributed by atoms with E-state index < -0.39 is 0 Å². The van der Waals surface area contributed by atoms with Gasteiger partial charge in [-0.2, -0.15) is 0 Å². The quantitative estimate of drug-likeness (QED) is 0.171. The Labute approximate surface area is 557 Å².